The lowest BCUT2D eigenvalue weighted by Crippen LogP contribution is -2.48. The topological polar surface area (TPSA) is 23.6 Å². The van der Waals surface area contributed by atoms with E-state index in [1.807, 2.05) is 7.05 Å². The van der Waals surface area contributed by atoms with E-state index < -0.39 is 12.7 Å². The van der Waals surface area contributed by atoms with Crippen molar-refractivity contribution in [3.63, 3.8) is 0 Å². The molecule has 3 rings (SSSR count). The fourth-order valence-corrected chi connectivity index (χ4v) is 3.61. The van der Waals surface area contributed by atoms with Gasteiger partial charge in [0.05, 0.1) is 6.04 Å². The number of nitrogens with zero attached hydrogens (tertiary/aromatic N) is 2. The number of halogens is 3. The highest BCUT2D eigenvalue weighted by Gasteiger charge is 2.48. The second-order valence-electron chi connectivity index (χ2n) is 6.51. The van der Waals surface area contributed by atoms with Crippen LogP contribution < -0.4 is 0 Å². The van der Waals surface area contributed by atoms with Crippen LogP contribution in [0.3, 0.4) is 0 Å². The average Bonchev–Trinajstić information content (AvgIpc) is 3.21. The second kappa shape index (κ2) is 4.90. The van der Waals surface area contributed by atoms with Gasteiger partial charge in [-0.3, -0.25) is 9.69 Å². The average molecular weight is 290 g/mol. The van der Waals surface area contributed by atoms with Crippen LogP contribution in [0, 0.1) is 11.8 Å². The molecule has 20 heavy (non-hydrogen) atoms. The van der Waals surface area contributed by atoms with Crippen molar-refractivity contribution in [2.45, 2.75) is 50.4 Å². The van der Waals surface area contributed by atoms with Gasteiger partial charge in [0.25, 0.3) is 0 Å². The maximum absolute atomic E-state index is 12.4. The van der Waals surface area contributed by atoms with Crippen LogP contribution in [0.1, 0.15) is 32.1 Å². The van der Waals surface area contributed by atoms with Gasteiger partial charge in [-0.2, -0.15) is 13.2 Å². The number of amides is 1. The number of alkyl halides is 3. The van der Waals surface area contributed by atoms with Gasteiger partial charge >= 0.3 is 6.18 Å². The molecule has 3 fully saturated rings. The number of rotatable bonds is 5. The van der Waals surface area contributed by atoms with Crippen LogP contribution >= 0.6 is 0 Å². The molecule has 2 aliphatic carbocycles. The molecule has 1 amide bonds. The van der Waals surface area contributed by atoms with Crippen molar-refractivity contribution in [1.82, 2.24) is 9.80 Å². The zero-order valence-corrected chi connectivity index (χ0v) is 11.7. The van der Waals surface area contributed by atoms with Gasteiger partial charge in [0.2, 0.25) is 5.91 Å². The van der Waals surface area contributed by atoms with E-state index >= 15 is 0 Å². The van der Waals surface area contributed by atoms with Crippen molar-refractivity contribution in [2.75, 3.05) is 20.1 Å². The molecule has 0 aromatic carbocycles. The minimum Gasteiger partial charge on any atom is -0.332 e. The first-order chi connectivity index (χ1) is 9.37. The van der Waals surface area contributed by atoms with E-state index in [4.69, 9.17) is 0 Å². The van der Waals surface area contributed by atoms with Gasteiger partial charge in [0, 0.05) is 12.6 Å². The smallest absolute Gasteiger partial charge is 0.332 e. The Bertz CT molecular complexity index is 378. The minimum absolute atomic E-state index is 0.232. The second-order valence-corrected chi connectivity index (χ2v) is 6.51. The molecule has 0 radical (unpaired) electrons. The van der Waals surface area contributed by atoms with E-state index in [0.29, 0.717) is 24.3 Å². The fraction of sp³-hybridized carbons (Fsp3) is 0.929. The van der Waals surface area contributed by atoms with E-state index in [-0.39, 0.29) is 18.5 Å². The molecular weight excluding hydrogens is 269 g/mol. The summed E-state index contributed by atoms with van der Waals surface area (Å²) in [5, 5.41) is 0. The highest BCUT2D eigenvalue weighted by Crippen LogP contribution is 2.47. The lowest BCUT2D eigenvalue weighted by molar-refractivity contribution is -0.159. The first-order valence-electron chi connectivity index (χ1n) is 7.44. The fourth-order valence-electron chi connectivity index (χ4n) is 3.61. The molecule has 1 saturated heterocycles. The molecule has 0 spiro atoms. The van der Waals surface area contributed by atoms with Crippen LogP contribution in [0.25, 0.3) is 0 Å². The van der Waals surface area contributed by atoms with E-state index in [1.54, 1.807) is 0 Å². The Labute approximate surface area is 117 Å². The Morgan fingerprint density at radius 1 is 1.20 bits per heavy atom. The summed E-state index contributed by atoms with van der Waals surface area (Å²) in [7, 11) is 1.93. The molecule has 6 heteroatoms. The Hall–Kier alpha value is -0.780. The number of carbonyl (C=O) groups excluding carboxylic acids is 1. The summed E-state index contributed by atoms with van der Waals surface area (Å²) in [5.41, 5.74) is 0. The lowest BCUT2D eigenvalue weighted by atomic mass is 10.0. The minimum atomic E-state index is -4.30. The molecule has 3 nitrogen and oxygen atoms in total. The number of hydrogen-bond donors (Lipinski definition) is 0. The number of likely N-dealkylation sites (tertiary alicyclic amines) is 1. The Balaban J connectivity index is 1.63. The summed E-state index contributed by atoms with van der Waals surface area (Å²) in [6.07, 6.45) is 1.06. The molecule has 1 heterocycles. The van der Waals surface area contributed by atoms with Gasteiger partial charge in [0.15, 0.2) is 0 Å². The van der Waals surface area contributed by atoms with Crippen LogP contribution in [-0.4, -0.2) is 54.1 Å². The van der Waals surface area contributed by atoms with Crippen molar-refractivity contribution < 1.29 is 18.0 Å². The largest absolute Gasteiger partial charge is 0.406 e. The van der Waals surface area contributed by atoms with Gasteiger partial charge in [-0.15, -0.1) is 0 Å². The van der Waals surface area contributed by atoms with Gasteiger partial charge in [0.1, 0.15) is 6.54 Å². The molecule has 2 saturated carbocycles. The molecule has 3 aliphatic rings. The van der Waals surface area contributed by atoms with Crippen LogP contribution in [0.15, 0.2) is 0 Å². The number of carbonyl (C=O) groups is 1. The van der Waals surface area contributed by atoms with Crippen LogP contribution in [0.2, 0.25) is 0 Å². The van der Waals surface area contributed by atoms with E-state index in [1.165, 1.54) is 25.7 Å². The van der Waals surface area contributed by atoms with Crippen LogP contribution in [0.5, 0.6) is 0 Å². The van der Waals surface area contributed by atoms with Gasteiger partial charge in [-0.05, 0) is 51.0 Å². The van der Waals surface area contributed by atoms with E-state index in [9.17, 15) is 18.0 Å². The zero-order valence-electron chi connectivity index (χ0n) is 11.7. The van der Waals surface area contributed by atoms with Crippen molar-refractivity contribution in [2.24, 2.45) is 11.8 Å². The monoisotopic (exact) mass is 290 g/mol. The first-order valence-corrected chi connectivity index (χ1v) is 7.44. The standard InChI is InChI=1S/C14H21F3N2O/c1-18(12(9-2-3-9)10-4-5-10)11-6-7-19(13(11)20)8-14(15,16)17/h9-12H,2-8H2,1H3. The maximum Gasteiger partial charge on any atom is 0.406 e. The molecule has 0 aromatic rings. The van der Waals surface area contributed by atoms with Crippen molar-refractivity contribution >= 4 is 5.91 Å². The lowest BCUT2D eigenvalue weighted by Gasteiger charge is -2.32. The van der Waals surface area contributed by atoms with Gasteiger partial charge in [-0.25, -0.2) is 0 Å². The third-order valence-corrected chi connectivity index (χ3v) is 4.81. The first kappa shape index (κ1) is 14.2. The molecule has 0 bridgehead atoms. The number of likely N-dealkylation sites (N-methyl/N-ethyl adjacent to an activating group) is 1. The predicted molar refractivity (Wildman–Crippen MR) is 68.0 cm³/mol. The summed E-state index contributed by atoms with van der Waals surface area (Å²) >= 11 is 0. The Morgan fingerprint density at radius 2 is 1.75 bits per heavy atom. The SMILES string of the molecule is CN(C1CCN(CC(F)(F)F)C1=O)C(C1CC1)C1CC1. The predicted octanol–water partition coefficient (Wildman–Crippen LogP) is 2.27. The third-order valence-electron chi connectivity index (χ3n) is 4.81. The van der Waals surface area contributed by atoms with Crippen molar-refractivity contribution in [1.29, 1.82) is 0 Å². The molecule has 1 unspecified atom stereocenters. The van der Waals surface area contributed by atoms with Crippen molar-refractivity contribution in [3.8, 4) is 0 Å². The maximum atomic E-state index is 12.4. The summed E-state index contributed by atoms with van der Waals surface area (Å²) in [5.74, 6) is 0.991. The quantitative estimate of drug-likeness (QED) is 0.775. The highest BCUT2D eigenvalue weighted by molar-refractivity contribution is 5.84. The Kier molecular flexibility index (Phi) is 3.47. The molecule has 1 aliphatic heterocycles. The molecule has 114 valence electrons. The summed E-state index contributed by atoms with van der Waals surface area (Å²) in [6, 6.07) is 0.0679. The van der Waals surface area contributed by atoms with Gasteiger partial charge in [-0.1, -0.05) is 0 Å². The van der Waals surface area contributed by atoms with Crippen LogP contribution in [0.4, 0.5) is 13.2 Å². The van der Waals surface area contributed by atoms with Crippen LogP contribution in [-0.2, 0) is 4.79 Å². The molecule has 0 aromatic heterocycles. The summed E-state index contributed by atoms with van der Waals surface area (Å²) < 4.78 is 37.3. The summed E-state index contributed by atoms with van der Waals surface area (Å²) in [4.78, 5) is 15.3. The normalized spacial score (nSPS) is 28.0. The highest BCUT2D eigenvalue weighted by atomic mass is 19.4. The molecule has 0 N–H and O–H groups in total. The molecule has 1 atom stereocenters. The number of hydrogen-bond acceptors (Lipinski definition) is 2. The van der Waals surface area contributed by atoms with E-state index in [0.717, 1.165) is 4.90 Å². The zero-order chi connectivity index (χ0) is 14.5. The van der Waals surface area contributed by atoms with E-state index in [2.05, 4.69) is 4.90 Å². The third kappa shape index (κ3) is 2.95. The Morgan fingerprint density at radius 3 is 2.20 bits per heavy atom. The van der Waals surface area contributed by atoms with Gasteiger partial charge < -0.3 is 4.90 Å². The summed E-state index contributed by atoms with van der Waals surface area (Å²) in [6.45, 7) is -0.872. The van der Waals surface area contributed by atoms with Crippen molar-refractivity contribution in [3.05, 3.63) is 0 Å². The molecular formula is C14H21F3N2O.